The lowest BCUT2D eigenvalue weighted by atomic mass is 10.1. The highest BCUT2D eigenvalue weighted by Crippen LogP contribution is 2.33. The topological polar surface area (TPSA) is 9.23 Å². The van der Waals surface area contributed by atoms with Crippen molar-refractivity contribution in [2.75, 3.05) is 13.2 Å². The summed E-state index contributed by atoms with van der Waals surface area (Å²) in [6.07, 6.45) is -3.91. The molecule has 1 aromatic carbocycles. The molecule has 7 heteroatoms. The van der Waals surface area contributed by atoms with Crippen molar-refractivity contribution in [3.8, 4) is 0 Å². The van der Waals surface area contributed by atoms with E-state index in [2.05, 4.69) is 20.7 Å². The molecule has 0 aliphatic carbocycles. The predicted molar refractivity (Wildman–Crippen MR) is 69.6 cm³/mol. The Balaban J connectivity index is 2.43. The Labute approximate surface area is 121 Å². The van der Waals surface area contributed by atoms with E-state index in [0.29, 0.717) is 16.5 Å². The van der Waals surface area contributed by atoms with Gasteiger partial charge in [0.15, 0.2) is 0 Å². The average molecular weight is 366 g/mol. The molecular weight excluding hydrogens is 356 g/mol. The van der Waals surface area contributed by atoms with Crippen molar-refractivity contribution in [1.29, 1.82) is 0 Å². The molecule has 0 saturated carbocycles. The summed E-state index contributed by atoms with van der Waals surface area (Å²) in [5, 5.41) is 0.983. The number of alkyl halides is 4. The summed E-state index contributed by atoms with van der Waals surface area (Å²) >= 11 is 15.1. The van der Waals surface area contributed by atoms with Crippen LogP contribution in [0.5, 0.6) is 0 Å². The summed E-state index contributed by atoms with van der Waals surface area (Å²) in [5.41, 5.74) is 0.775. The van der Waals surface area contributed by atoms with Crippen LogP contribution >= 0.6 is 39.1 Å². The van der Waals surface area contributed by atoms with E-state index < -0.39 is 12.8 Å². The smallest absolute Gasteiger partial charge is 0.372 e. The van der Waals surface area contributed by atoms with E-state index in [0.717, 1.165) is 5.56 Å². The minimum Gasteiger partial charge on any atom is -0.372 e. The number of benzene rings is 1. The van der Waals surface area contributed by atoms with Gasteiger partial charge in [-0.2, -0.15) is 13.2 Å². The second-order valence-electron chi connectivity index (χ2n) is 3.59. The first-order valence-corrected chi connectivity index (χ1v) is 6.70. The molecular formula is C11H10BrCl2F3O. The SMILES string of the molecule is FC(F)(F)COCCC(Br)c1ccc(Cl)cc1Cl. The van der Waals surface area contributed by atoms with Gasteiger partial charge in [-0.3, -0.25) is 0 Å². The van der Waals surface area contributed by atoms with Gasteiger partial charge >= 0.3 is 6.18 Å². The van der Waals surface area contributed by atoms with E-state index in [9.17, 15) is 13.2 Å². The molecule has 0 spiro atoms. The van der Waals surface area contributed by atoms with Gasteiger partial charge in [0.1, 0.15) is 6.61 Å². The van der Waals surface area contributed by atoms with Crippen molar-refractivity contribution in [2.24, 2.45) is 0 Å². The Hall–Kier alpha value is 0.0300. The molecule has 0 bridgehead atoms. The van der Waals surface area contributed by atoms with Crippen molar-refractivity contribution >= 4 is 39.1 Å². The summed E-state index contributed by atoms with van der Waals surface area (Å²) in [6.45, 7) is -1.24. The maximum Gasteiger partial charge on any atom is 0.411 e. The molecule has 0 fully saturated rings. The van der Waals surface area contributed by atoms with Crippen LogP contribution in [0, 0.1) is 0 Å². The lowest BCUT2D eigenvalue weighted by molar-refractivity contribution is -0.174. The average Bonchev–Trinajstić information content (AvgIpc) is 2.22. The molecule has 0 aromatic heterocycles. The first kappa shape index (κ1) is 16.1. The summed E-state index contributed by atoms with van der Waals surface area (Å²) in [6, 6.07) is 4.99. The number of hydrogen-bond acceptors (Lipinski definition) is 1. The molecule has 0 amide bonds. The second-order valence-corrected chi connectivity index (χ2v) is 5.54. The third-order valence-corrected chi connectivity index (χ3v) is 3.59. The van der Waals surface area contributed by atoms with Gasteiger partial charge in [-0.1, -0.05) is 45.2 Å². The van der Waals surface area contributed by atoms with Crippen LogP contribution in [-0.2, 0) is 4.74 Å². The second kappa shape index (κ2) is 6.98. The highest BCUT2D eigenvalue weighted by atomic mass is 79.9. The molecule has 0 radical (unpaired) electrons. The van der Waals surface area contributed by atoms with Crippen LogP contribution in [0.25, 0.3) is 0 Å². The third-order valence-electron chi connectivity index (χ3n) is 2.08. The minimum atomic E-state index is -4.29. The first-order valence-electron chi connectivity index (χ1n) is 5.03. The van der Waals surface area contributed by atoms with Crippen LogP contribution in [0.4, 0.5) is 13.2 Å². The maximum absolute atomic E-state index is 11.8. The number of rotatable bonds is 5. The molecule has 0 aliphatic rings. The fraction of sp³-hybridized carbons (Fsp3) is 0.455. The van der Waals surface area contributed by atoms with Crippen molar-refractivity contribution < 1.29 is 17.9 Å². The van der Waals surface area contributed by atoms with Crippen molar-refractivity contribution in [3.05, 3.63) is 33.8 Å². The number of hydrogen-bond donors (Lipinski definition) is 0. The molecule has 1 rings (SSSR count). The summed E-state index contributed by atoms with van der Waals surface area (Å²) in [4.78, 5) is -0.171. The van der Waals surface area contributed by atoms with Crippen LogP contribution in [0.3, 0.4) is 0 Å². The minimum absolute atomic E-state index is 0.00557. The Morgan fingerprint density at radius 2 is 1.94 bits per heavy atom. The predicted octanol–water partition coefficient (Wildman–Crippen LogP) is 5.40. The van der Waals surface area contributed by atoms with Gasteiger partial charge in [0, 0.05) is 21.5 Å². The Morgan fingerprint density at radius 1 is 1.28 bits per heavy atom. The van der Waals surface area contributed by atoms with Crippen LogP contribution in [0.2, 0.25) is 10.0 Å². The first-order chi connectivity index (χ1) is 8.29. The van der Waals surface area contributed by atoms with Crippen LogP contribution < -0.4 is 0 Å². The van der Waals surface area contributed by atoms with Crippen molar-refractivity contribution in [1.82, 2.24) is 0 Å². The van der Waals surface area contributed by atoms with Crippen molar-refractivity contribution in [3.63, 3.8) is 0 Å². The van der Waals surface area contributed by atoms with Gasteiger partial charge in [0.25, 0.3) is 0 Å². The summed E-state index contributed by atoms with van der Waals surface area (Å²) in [7, 11) is 0. The fourth-order valence-corrected chi connectivity index (χ4v) is 2.54. The van der Waals surface area contributed by atoms with Gasteiger partial charge in [-0.25, -0.2) is 0 Å². The normalized spacial score (nSPS) is 13.7. The van der Waals surface area contributed by atoms with E-state index in [1.165, 1.54) is 0 Å². The van der Waals surface area contributed by atoms with Crippen LogP contribution in [0.15, 0.2) is 18.2 Å². The summed E-state index contributed by atoms with van der Waals surface area (Å²) < 4.78 is 40.0. The largest absolute Gasteiger partial charge is 0.411 e. The van der Waals surface area contributed by atoms with Gasteiger partial charge in [0.2, 0.25) is 0 Å². The number of ether oxygens (including phenoxy) is 1. The molecule has 18 heavy (non-hydrogen) atoms. The monoisotopic (exact) mass is 364 g/mol. The quantitative estimate of drug-likeness (QED) is 0.501. The molecule has 0 aliphatic heterocycles. The van der Waals surface area contributed by atoms with Gasteiger partial charge in [0.05, 0.1) is 0 Å². The van der Waals surface area contributed by atoms with Crippen LogP contribution in [-0.4, -0.2) is 19.4 Å². The fourth-order valence-electron chi connectivity index (χ4n) is 1.29. The maximum atomic E-state index is 11.8. The van der Waals surface area contributed by atoms with E-state index in [4.69, 9.17) is 23.2 Å². The van der Waals surface area contributed by atoms with Gasteiger partial charge < -0.3 is 4.74 Å². The Morgan fingerprint density at radius 3 is 2.50 bits per heavy atom. The zero-order valence-electron chi connectivity index (χ0n) is 9.11. The summed E-state index contributed by atoms with van der Waals surface area (Å²) in [5.74, 6) is 0. The molecule has 0 N–H and O–H groups in total. The zero-order valence-corrected chi connectivity index (χ0v) is 12.2. The molecule has 1 unspecified atom stereocenters. The molecule has 1 aromatic rings. The Kier molecular flexibility index (Phi) is 6.24. The molecule has 1 nitrogen and oxygen atoms in total. The zero-order chi connectivity index (χ0) is 13.8. The van der Waals surface area contributed by atoms with Gasteiger partial charge in [-0.05, 0) is 24.1 Å². The molecule has 0 heterocycles. The Bertz CT molecular complexity index is 398. The lowest BCUT2D eigenvalue weighted by Crippen LogP contribution is -2.17. The molecule has 0 saturated heterocycles. The lowest BCUT2D eigenvalue weighted by Gasteiger charge is -2.13. The van der Waals surface area contributed by atoms with Crippen LogP contribution in [0.1, 0.15) is 16.8 Å². The third kappa shape index (κ3) is 5.78. The highest BCUT2D eigenvalue weighted by Gasteiger charge is 2.27. The standard InChI is InChI=1S/C11H10BrCl2F3O/c12-9(3-4-18-6-11(15,16)17)8-2-1-7(13)5-10(8)14/h1-2,5,9H,3-4,6H2. The van der Waals surface area contributed by atoms with Crippen molar-refractivity contribution in [2.45, 2.75) is 17.4 Å². The molecule has 102 valence electrons. The number of halogens is 6. The van der Waals surface area contributed by atoms with E-state index in [-0.39, 0.29) is 11.4 Å². The molecule has 1 atom stereocenters. The van der Waals surface area contributed by atoms with E-state index in [1.54, 1.807) is 18.2 Å². The van der Waals surface area contributed by atoms with Gasteiger partial charge in [-0.15, -0.1) is 0 Å². The van der Waals surface area contributed by atoms with E-state index >= 15 is 0 Å². The van der Waals surface area contributed by atoms with E-state index in [1.807, 2.05) is 0 Å². The highest BCUT2D eigenvalue weighted by molar-refractivity contribution is 9.09.